The van der Waals surface area contributed by atoms with Gasteiger partial charge in [0, 0.05) is 11.5 Å². The first-order chi connectivity index (χ1) is 5.25. The summed E-state index contributed by atoms with van der Waals surface area (Å²) in [6, 6.07) is 0. The zero-order chi connectivity index (χ0) is 8.27. The van der Waals surface area contributed by atoms with Crippen LogP contribution in [0.25, 0.3) is 0 Å². The minimum Gasteiger partial charge on any atom is -0.422 e. The Morgan fingerprint density at radius 2 is 2.55 bits per heavy atom. The van der Waals surface area contributed by atoms with Crippen molar-refractivity contribution in [1.82, 2.24) is 5.23 Å². The number of carbonyl (C=O) groups excluding carboxylic acids is 1. The van der Waals surface area contributed by atoms with E-state index in [1.165, 1.54) is 6.08 Å². The third kappa shape index (κ3) is 1.83. The van der Waals surface area contributed by atoms with E-state index in [-0.39, 0.29) is 5.70 Å². The maximum Gasteiger partial charge on any atom is 0.326 e. The van der Waals surface area contributed by atoms with E-state index in [9.17, 15) is 9.18 Å². The van der Waals surface area contributed by atoms with Crippen molar-refractivity contribution in [3.63, 3.8) is 0 Å². The van der Waals surface area contributed by atoms with Crippen molar-refractivity contribution in [2.75, 3.05) is 0 Å². The lowest BCUT2D eigenvalue weighted by Crippen LogP contribution is -2.19. The van der Waals surface area contributed by atoms with Crippen LogP contribution in [0.1, 0.15) is 6.42 Å². The first-order valence-electron chi connectivity index (χ1n) is 3.04. The molecular weight excluding hydrogens is 167 g/mol. The fourth-order valence-electron chi connectivity index (χ4n) is 0.778. The molecule has 1 aliphatic carbocycles. The highest BCUT2D eigenvalue weighted by Crippen LogP contribution is 2.27. The van der Waals surface area contributed by atoms with Crippen LogP contribution in [0.3, 0.4) is 0 Å². The van der Waals surface area contributed by atoms with E-state index in [1.807, 2.05) is 0 Å². The van der Waals surface area contributed by atoms with Gasteiger partial charge in [0.05, 0.1) is 5.70 Å². The van der Waals surface area contributed by atoms with E-state index in [4.69, 9.17) is 11.6 Å². The predicted octanol–water partition coefficient (Wildman–Crippen LogP) is 1.09. The van der Waals surface area contributed by atoms with Gasteiger partial charge in [0.25, 0.3) is 0 Å². The molecule has 1 rings (SSSR count). The Labute approximate surface area is 69.4 Å². The van der Waals surface area contributed by atoms with E-state index < -0.39 is 5.83 Å². The molecule has 0 aromatic carbocycles. The monoisotopic (exact) mass is 172 g/mol. The molecule has 0 bridgehead atoms. The molecule has 0 saturated heterocycles. The summed E-state index contributed by atoms with van der Waals surface area (Å²) in [5.74, 6) is -0.409. The molecule has 57 valence electrons. The van der Waals surface area contributed by atoms with Gasteiger partial charge in [-0.15, -0.1) is 0 Å². The summed E-state index contributed by atoms with van der Waals surface area (Å²) in [6.07, 6.45) is 2.27. The van der Waals surface area contributed by atoms with Crippen molar-refractivity contribution in [2.45, 2.75) is 6.42 Å². The Morgan fingerprint density at radius 3 is 3.00 bits per heavy atom. The molecule has 0 aliphatic heterocycles. The van der Waals surface area contributed by atoms with Gasteiger partial charge in [-0.1, -0.05) is 11.6 Å². The lowest BCUT2D eigenvalue weighted by molar-refractivity contribution is 0.568. The number of halogens is 2. The summed E-state index contributed by atoms with van der Waals surface area (Å²) in [6.45, 7) is 0. The fraction of sp³-hybridized carbons (Fsp3) is 0.167. The van der Waals surface area contributed by atoms with Gasteiger partial charge in [-0.3, -0.25) is 0 Å². The first-order valence-corrected chi connectivity index (χ1v) is 3.41. The molecule has 0 fully saturated rings. The second-order valence-electron chi connectivity index (χ2n) is 1.98. The summed E-state index contributed by atoms with van der Waals surface area (Å²) < 4.78 is 12.7. The molecule has 2 nitrogen and oxygen atoms in total. The van der Waals surface area contributed by atoms with Crippen molar-refractivity contribution in [3.8, 4) is 0 Å². The van der Waals surface area contributed by atoms with Crippen LogP contribution in [0.5, 0.6) is 0 Å². The van der Waals surface area contributed by atoms with Gasteiger partial charge in [-0.05, 0) is 6.08 Å². The Balaban J connectivity index is 2.60. The lowest BCUT2D eigenvalue weighted by atomic mass is 9.98. The van der Waals surface area contributed by atoms with E-state index in [2.05, 4.69) is 5.23 Å². The number of hydrogen-bond donors (Lipinski definition) is 1. The molecule has 1 radical (unpaired) electrons. The minimum absolute atomic E-state index is 0.193. The lowest BCUT2D eigenvalue weighted by Gasteiger charge is -2.01. The van der Waals surface area contributed by atoms with Crippen LogP contribution in [0.4, 0.5) is 4.39 Å². The van der Waals surface area contributed by atoms with Crippen molar-refractivity contribution < 1.29 is 9.18 Å². The highest BCUT2D eigenvalue weighted by Gasteiger charge is 2.15. The SMILES string of the molecule is O=C[B]NC1=C(Cl)CC=C1F. The highest BCUT2D eigenvalue weighted by molar-refractivity contribution is 6.65. The average Bonchev–Trinajstić information content (AvgIpc) is 2.29. The summed E-state index contributed by atoms with van der Waals surface area (Å²) in [5.41, 5.74) is 0.193. The molecule has 0 aromatic heterocycles. The van der Waals surface area contributed by atoms with Crippen LogP contribution in [-0.2, 0) is 4.79 Å². The van der Waals surface area contributed by atoms with Gasteiger partial charge in [0.1, 0.15) is 12.0 Å². The van der Waals surface area contributed by atoms with E-state index in [0.29, 0.717) is 17.6 Å². The van der Waals surface area contributed by atoms with Crippen molar-refractivity contribution in [3.05, 3.63) is 22.6 Å². The van der Waals surface area contributed by atoms with Crippen molar-refractivity contribution in [2.24, 2.45) is 0 Å². The predicted molar refractivity (Wildman–Crippen MR) is 42.3 cm³/mol. The number of nitrogens with one attached hydrogen (secondary N) is 1. The summed E-state index contributed by atoms with van der Waals surface area (Å²) in [4.78, 5) is 9.85. The first kappa shape index (κ1) is 8.33. The van der Waals surface area contributed by atoms with Crippen LogP contribution in [0, 0.1) is 0 Å². The molecule has 0 saturated carbocycles. The van der Waals surface area contributed by atoms with E-state index in [1.54, 1.807) is 0 Å². The quantitative estimate of drug-likeness (QED) is 0.510. The van der Waals surface area contributed by atoms with Gasteiger partial charge < -0.3 is 10.0 Å². The van der Waals surface area contributed by atoms with E-state index in [0.717, 1.165) is 7.41 Å². The molecule has 0 atom stereocenters. The average molecular weight is 172 g/mol. The molecular formula is C6H5BClFNO. The topological polar surface area (TPSA) is 29.1 Å². The second-order valence-corrected chi connectivity index (χ2v) is 2.44. The standard InChI is InChI=1S/C6H5BClFNO/c8-4-1-2-5(9)6(4)10-7-3-11/h2-3,10H,1H2. The van der Waals surface area contributed by atoms with Crippen LogP contribution >= 0.6 is 11.6 Å². The molecule has 1 N–H and O–H groups in total. The number of carbonyl (C=O) groups is 1. The normalized spacial score (nSPS) is 16.4. The Morgan fingerprint density at radius 1 is 1.82 bits per heavy atom. The zero-order valence-electron chi connectivity index (χ0n) is 5.60. The van der Waals surface area contributed by atoms with Crippen LogP contribution < -0.4 is 5.23 Å². The number of allylic oxidation sites excluding steroid dienone is 3. The molecule has 0 unspecified atom stereocenters. The molecule has 0 amide bonds. The van der Waals surface area contributed by atoms with Gasteiger partial charge >= 0.3 is 7.41 Å². The van der Waals surface area contributed by atoms with Crippen molar-refractivity contribution >= 4 is 25.2 Å². The molecule has 0 spiro atoms. The summed E-state index contributed by atoms with van der Waals surface area (Å²) >= 11 is 5.60. The van der Waals surface area contributed by atoms with Gasteiger partial charge in [-0.25, -0.2) is 4.39 Å². The van der Waals surface area contributed by atoms with Crippen LogP contribution in [0.15, 0.2) is 22.6 Å². The Kier molecular flexibility index (Phi) is 2.71. The smallest absolute Gasteiger partial charge is 0.326 e. The number of rotatable bonds is 3. The number of hydrogen-bond acceptors (Lipinski definition) is 2. The second kappa shape index (κ2) is 3.58. The highest BCUT2D eigenvalue weighted by atomic mass is 35.5. The summed E-state index contributed by atoms with van der Waals surface area (Å²) in [7, 11) is 1.09. The van der Waals surface area contributed by atoms with Gasteiger partial charge in [-0.2, -0.15) is 0 Å². The summed E-state index contributed by atoms with van der Waals surface area (Å²) in [5, 5.41) is 2.83. The zero-order valence-corrected chi connectivity index (χ0v) is 6.36. The molecule has 0 heterocycles. The fourth-order valence-corrected chi connectivity index (χ4v) is 0.999. The minimum atomic E-state index is -0.409. The van der Waals surface area contributed by atoms with Crippen LogP contribution in [0.2, 0.25) is 0 Å². The Bertz CT molecular complexity index is 239. The third-order valence-corrected chi connectivity index (χ3v) is 1.61. The maximum atomic E-state index is 12.7. The van der Waals surface area contributed by atoms with Crippen molar-refractivity contribution in [1.29, 1.82) is 0 Å². The Hall–Kier alpha value is -0.765. The van der Waals surface area contributed by atoms with Crippen LogP contribution in [-0.4, -0.2) is 13.6 Å². The third-order valence-electron chi connectivity index (χ3n) is 1.27. The van der Waals surface area contributed by atoms with Gasteiger partial charge in [0.2, 0.25) is 0 Å². The van der Waals surface area contributed by atoms with Gasteiger partial charge in [0.15, 0.2) is 0 Å². The largest absolute Gasteiger partial charge is 0.422 e. The molecule has 1 aliphatic rings. The maximum absolute atomic E-state index is 12.7. The van der Waals surface area contributed by atoms with E-state index >= 15 is 0 Å². The molecule has 0 aromatic rings. The molecule has 5 heteroatoms. The molecule has 11 heavy (non-hydrogen) atoms.